The molecule has 1 N–H and O–H groups in total. The summed E-state index contributed by atoms with van der Waals surface area (Å²) in [6.45, 7) is 0. The van der Waals surface area contributed by atoms with Crippen LogP contribution in [0.4, 0.5) is 0 Å². The highest BCUT2D eigenvalue weighted by molar-refractivity contribution is 6.32. The van der Waals surface area contributed by atoms with Crippen molar-refractivity contribution in [2.24, 2.45) is 0 Å². The lowest BCUT2D eigenvalue weighted by atomic mass is 10.0. The maximum atomic E-state index is 8.57. The Morgan fingerprint density at radius 3 is 2.89 bits per heavy atom. The molecule has 0 bridgehead atoms. The molecule has 1 aliphatic rings. The molecule has 0 spiro atoms. The fourth-order valence-electron chi connectivity index (χ4n) is 0.898. The maximum Gasteiger partial charge on any atom is 0.0838 e. The average molecular weight is 145 g/mol. The highest BCUT2D eigenvalue weighted by Crippen LogP contribution is 2.25. The van der Waals surface area contributed by atoms with Gasteiger partial charge in [-0.3, -0.25) is 0 Å². The van der Waals surface area contributed by atoms with Gasteiger partial charge < -0.3 is 5.11 Å². The van der Waals surface area contributed by atoms with E-state index in [1.54, 1.807) is 0 Å². The van der Waals surface area contributed by atoms with Crippen molar-refractivity contribution < 1.29 is 5.11 Å². The van der Waals surface area contributed by atoms with Gasteiger partial charge >= 0.3 is 0 Å². The highest BCUT2D eigenvalue weighted by Gasteiger charge is 2.06. The van der Waals surface area contributed by atoms with Crippen LogP contribution >= 0.6 is 11.6 Å². The molecular formula is C7H9ClO. The maximum absolute atomic E-state index is 8.57. The van der Waals surface area contributed by atoms with Crippen LogP contribution in [0, 0.1) is 0 Å². The summed E-state index contributed by atoms with van der Waals surface area (Å²) in [7, 11) is 0. The molecule has 0 aromatic rings. The van der Waals surface area contributed by atoms with E-state index in [-0.39, 0.29) is 0 Å². The molecule has 0 radical (unpaired) electrons. The minimum atomic E-state index is 0.712. The van der Waals surface area contributed by atoms with Crippen LogP contribution in [0.15, 0.2) is 22.9 Å². The van der Waals surface area contributed by atoms with E-state index < -0.39 is 0 Å². The third-order valence-electron chi connectivity index (χ3n) is 1.44. The Balaban J connectivity index is 2.73. The highest BCUT2D eigenvalue weighted by atomic mass is 35.5. The van der Waals surface area contributed by atoms with Crippen LogP contribution in [-0.2, 0) is 0 Å². The lowest BCUT2D eigenvalue weighted by molar-refractivity contribution is 0.465. The number of hydrogen-bond acceptors (Lipinski definition) is 1. The average Bonchev–Trinajstić information content (AvgIpc) is 1.89. The summed E-state index contributed by atoms with van der Waals surface area (Å²) in [5, 5.41) is 9.29. The Hall–Kier alpha value is -0.430. The molecule has 0 saturated carbocycles. The topological polar surface area (TPSA) is 20.2 Å². The van der Waals surface area contributed by atoms with Crippen LogP contribution in [0.3, 0.4) is 0 Å². The summed E-state index contributed by atoms with van der Waals surface area (Å²) in [5.74, 6) is 0. The van der Waals surface area contributed by atoms with Gasteiger partial charge in [-0.2, -0.15) is 0 Å². The van der Waals surface area contributed by atoms with Gasteiger partial charge in [-0.05, 0) is 19.3 Å². The van der Waals surface area contributed by atoms with Crippen LogP contribution < -0.4 is 0 Å². The molecule has 0 aliphatic heterocycles. The zero-order chi connectivity index (χ0) is 6.69. The normalized spacial score (nSPS) is 24.1. The first kappa shape index (κ1) is 6.69. The Kier molecular flexibility index (Phi) is 2.17. The van der Waals surface area contributed by atoms with Gasteiger partial charge in [0, 0.05) is 10.6 Å². The largest absolute Gasteiger partial charge is 0.515 e. The van der Waals surface area contributed by atoms with Crippen LogP contribution in [0.1, 0.15) is 19.3 Å². The quantitative estimate of drug-likeness (QED) is 0.519. The van der Waals surface area contributed by atoms with E-state index >= 15 is 0 Å². The fourth-order valence-corrected chi connectivity index (χ4v) is 1.15. The van der Waals surface area contributed by atoms with Crippen molar-refractivity contribution in [3.05, 3.63) is 22.9 Å². The summed E-state index contributed by atoms with van der Waals surface area (Å²) in [4.78, 5) is 0. The number of aliphatic hydroxyl groups is 1. The molecule has 2 heteroatoms. The number of halogens is 1. The second-order valence-electron chi connectivity index (χ2n) is 2.10. The van der Waals surface area contributed by atoms with Gasteiger partial charge in [0.2, 0.25) is 0 Å². The minimum Gasteiger partial charge on any atom is -0.515 e. The first-order chi connectivity index (χ1) is 4.34. The molecule has 1 aliphatic carbocycles. The third-order valence-corrected chi connectivity index (χ3v) is 1.83. The molecule has 0 fully saturated rings. The van der Waals surface area contributed by atoms with Gasteiger partial charge in [0.15, 0.2) is 0 Å². The molecule has 0 unspecified atom stereocenters. The summed E-state index contributed by atoms with van der Waals surface area (Å²) in [6.07, 6.45) is 6.08. The van der Waals surface area contributed by atoms with Gasteiger partial charge in [0.05, 0.1) is 6.26 Å². The van der Waals surface area contributed by atoms with Crippen molar-refractivity contribution in [2.75, 3.05) is 0 Å². The van der Waals surface area contributed by atoms with Crippen LogP contribution in [0.2, 0.25) is 0 Å². The van der Waals surface area contributed by atoms with E-state index in [9.17, 15) is 0 Å². The van der Waals surface area contributed by atoms with E-state index in [1.807, 2.05) is 6.08 Å². The molecule has 0 amide bonds. The van der Waals surface area contributed by atoms with E-state index in [0.717, 1.165) is 31.1 Å². The molecule has 0 aromatic heterocycles. The number of allylic oxidation sites excluding steroid dienone is 3. The molecule has 0 atom stereocenters. The molecule has 50 valence electrons. The zero-order valence-electron chi connectivity index (χ0n) is 5.10. The Morgan fingerprint density at radius 2 is 2.44 bits per heavy atom. The third kappa shape index (κ3) is 1.49. The van der Waals surface area contributed by atoms with E-state index in [0.29, 0.717) is 5.03 Å². The monoisotopic (exact) mass is 144 g/mol. The summed E-state index contributed by atoms with van der Waals surface area (Å²) in [5.41, 5.74) is 0.864. The van der Waals surface area contributed by atoms with Gasteiger partial charge in [0.25, 0.3) is 0 Å². The minimum absolute atomic E-state index is 0.712. The summed E-state index contributed by atoms with van der Waals surface area (Å²) >= 11 is 5.72. The fraction of sp³-hybridized carbons (Fsp3) is 0.429. The van der Waals surface area contributed by atoms with Gasteiger partial charge in [-0.15, -0.1) is 0 Å². The number of hydrogen-bond donors (Lipinski definition) is 1. The summed E-state index contributed by atoms with van der Waals surface area (Å²) in [6, 6.07) is 0. The molecule has 1 nitrogen and oxygen atoms in total. The summed E-state index contributed by atoms with van der Waals surface area (Å²) < 4.78 is 0. The van der Waals surface area contributed by atoms with Crippen molar-refractivity contribution in [2.45, 2.75) is 19.3 Å². The van der Waals surface area contributed by atoms with Gasteiger partial charge in [-0.25, -0.2) is 0 Å². The van der Waals surface area contributed by atoms with Crippen molar-refractivity contribution in [1.29, 1.82) is 0 Å². The van der Waals surface area contributed by atoms with Crippen molar-refractivity contribution in [3.63, 3.8) is 0 Å². The zero-order valence-corrected chi connectivity index (χ0v) is 5.86. The second kappa shape index (κ2) is 2.92. The standard InChI is InChI=1S/C7H9ClO/c8-7-4-2-1-3-6(7)5-9/h4-5,9H,1-3H2/b6-5+. The predicted molar refractivity (Wildman–Crippen MR) is 38.5 cm³/mol. The first-order valence-electron chi connectivity index (χ1n) is 3.04. The lowest BCUT2D eigenvalue weighted by Crippen LogP contribution is -1.90. The van der Waals surface area contributed by atoms with Gasteiger partial charge in [-0.1, -0.05) is 17.7 Å². The lowest BCUT2D eigenvalue weighted by Gasteiger charge is -2.08. The molecule has 0 aromatic carbocycles. The molecule has 0 saturated heterocycles. The molecule has 1 rings (SSSR count). The van der Waals surface area contributed by atoms with E-state index in [2.05, 4.69) is 0 Å². The molecular weight excluding hydrogens is 136 g/mol. The SMILES string of the molecule is O/C=C1\CCCC=C1Cl. The Labute approximate surface area is 59.6 Å². The van der Waals surface area contributed by atoms with Crippen LogP contribution in [0.5, 0.6) is 0 Å². The Bertz CT molecular complexity index is 158. The Morgan fingerprint density at radius 1 is 1.67 bits per heavy atom. The van der Waals surface area contributed by atoms with Crippen molar-refractivity contribution in [3.8, 4) is 0 Å². The predicted octanol–water partition coefficient (Wildman–Crippen LogP) is 2.73. The van der Waals surface area contributed by atoms with E-state index in [4.69, 9.17) is 16.7 Å². The van der Waals surface area contributed by atoms with Crippen LogP contribution in [0.25, 0.3) is 0 Å². The molecule has 0 heterocycles. The van der Waals surface area contributed by atoms with E-state index in [1.165, 1.54) is 0 Å². The van der Waals surface area contributed by atoms with Crippen molar-refractivity contribution >= 4 is 11.6 Å². The first-order valence-corrected chi connectivity index (χ1v) is 3.41. The number of rotatable bonds is 0. The second-order valence-corrected chi connectivity index (χ2v) is 2.51. The van der Waals surface area contributed by atoms with Crippen molar-refractivity contribution in [1.82, 2.24) is 0 Å². The van der Waals surface area contributed by atoms with Crippen LogP contribution in [-0.4, -0.2) is 5.11 Å². The van der Waals surface area contributed by atoms with Gasteiger partial charge in [0.1, 0.15) is 0 Å². The number of aliphatic hydroxyl groups excluding tert-OH is 1. The molecule has 9 heavy (non-hydrogen) atoms. The smallest absolute Gasteiger partial charge is 0.0838 e.